The van der Waals surface area contributed by atoms with Gasteiger partial charge in [-0.25, -0.2) is 0 Å². The Kier molecular flexibility index (Phi) is 4.74. The lowest BCUT2D eigenvalue weighted by Crippen LogP contribution is -2.50. The smallest absolute Gasteiger partial charge is 0.0135 e. The second-order valence-electron chi connectivity index (χ2n) is 3.93. The summed E-state index contributed by atoms with van der Waals surface area (Å²) in [7, 11) is 0. The summed E-state index contributed by atoms with van der Waals surface area (Å²) in [5.41, 5.74) is 0. The molecule has 0 spiro atoms. The van der Waals surface area contributed by atoms with Crippen molar-refractivity contribution in [3.05, 3.63) is 0 Å². The number of hydrogen-bond acceptors (Lipinski definition) is 2. The van der Waals surface area contributed by atoms with Crippen molar-refractivity contribution in [3.8, 4) is 0 Å². The third-order valence-corrected chi connectivity index (χ3v) is 3.32. The van der Waals surface area contributed by atoms with Gasteiger partial charge in [-0.1, -0.05) is 20.8 Å². The summed E-state index contributed by atoms with van der Waals surface area (Å²) >= 11 is 0. The van der Waals surface area contributed by atoms with Gasteiger partial charge in [0.2, 0.25) is 0 Å². The van der Waals surface area contributed by atoms with Gasteiger partial charge < -0.3 is 10.2 Å². The van der Waals surface area contributed by atoms with Crippen LogP contribution >= 0.6 is 0 Å². The van der Waals surface area contributed by atoms with E-state index in [4.69, 9.17) is 0 Å². The van der Waals surface area contributed by atoms with E-state index >= 15 is 0 Å². The molecule has 0 bridgehead atoms. The van der Waals surface area contributed by atoms with Gasteiger partial charge in [-0.3, -0.25) is 0 Å². The third-order valence-electron chi connectivity index (χ3n) is 3.32. The lowest BCUT2D eigenvalue weighted by molar-refractivity contribution is 0.0709. The normalized spacial score (nSPS) is 27.7. The van der Waals surface area contributed by atoms with Crippen LogP contribution in [-0.4, -0.2) is 37.1 Å². The largest absolute Gasteiger partial charge is 0.317 e. The van der Waals surface area contributed by atoms with Crippen LogP contribution in [-0.2, 0) is 0 Å². The molecular formula is C11H24N2. The quantitative estimate of drug-likeness (QED) is 0.676. The molecule has 0 aromatic carbocycles. The Labute approximate surface area is 82.7 Å². The van der Waals surface area contributed by atoms with Crippen molar-refractivity contribution in [2.45, 2.75) is 39.7 Å². The molecule has 2 atom stereocenters. The minimum absolute atomic E-state index is 0.869. The van der Waals surface area contributed by atoms with E-state index < -0.39 is 0 Å². The van der Waals surface area contributed by atoms with E-state index in [1.54, 1.807) is 0 Å². The summed E-state index contributed by atoms with van der Waals surface area (Å²) in [6.45, 7) is 11.5. The summed E-state index contributed by atoms with van der Waals surface area (Å²) in [4.78, 5) is 2.60. The number of nitrogens with zero attached hydrogens (tertiary/aromatic N) is 1. The van der Waals surface area contributed by atoms with E-state index in [2.05, 4.69) is 31.0 Å². The van der Waals surface area contributed by atoms with Crippen LogP contribution in [0.3, 0.4) is 0 Å². The highest BCUT2D eigenvalue weighted by atomic mass is 15.2. The summed E-state index contributed by atoms with van der Waals surface area (Å²) in [6.07, 6.45) is 2.84. The fourth-order valence-electron chi connectivity index (χ4n) is 2.29. The third kappa shape index (κ3) is 2.68. The summed E-state index contributed by atoms with van der Waals surface area (Å²) in [5, 5.41) is 3.46. The zero-order valence-corrected chi connectivity index (χ0v) is 9.34. The van der Waals surface area contributed by atoms with Crippen molar-refractivity contribution >= 4 is 0 Å². The maximum atomic E-state index is 3.46. The average molecular weight is 184 g/mol. The van der Waals surface area contributed by atoms with Crippen LogP contribution < -0.4 is 5.32 Å². The van der Waals surface area contributed by atoms with Crippen LogP contribution in [0.15, 0.2) is 0 Å². The van der Waals surface area contributed by atoms with E-state index in [0.717, 1.165) is 18.5 Å². The topological polar surface area (TPSA) is 15.3 Å². The minimum Gasteiger partial charge on any atom is -0.317 e. The highest BCUT2D eigenvalue weighted by Crippen LogP contribution is 2.31. The van der Waals surface area contributed by atoms with E-state index in [9.17, 15) is 0 Å². The maximum Gasteiger partial charge on any atom is 0.0135 e. The van der Waals surface area contributed by atoms with Crippen LogP contribution in [0, 0.1) is 5.92 Å². The highest BCUT2D eigenvalue weighted by Gasteiger charge is 2.33. The van der Waals surface area contributed by atoms with Gasteiger partial charge in [0.05, 0.1) is 0 Å². The van der Waals surface area contributed by atoms with Crippen LogP contribution in [0.2, 0.25) is 0 Å². The molecule has 0 saturated heterocycles. The first kappa shape index (κ1) is 11.0. The van der Waals surface area contributed by atoms with E-state index in [-0.39, 0.29) is 0 Å². The molecule has 1 fully saturated rings. The van der Waals surface area contributed by atoms with Crippen molar-refractivity contribution in [2.24, 2.45) is 5.92 Å². The molecule has 78 valence electrons. The number of hydrogen-bond donors (Lipinski definition) is 1. The molecule has 2 heteroatoms. The Balaban J connectivity index is 2.26. The van der Waals surface area contributed by atoms with Crippen LogP contribution in [0.5, 0.6) is 0 Å². The van der Waals surface area contributed by atoms with Crippen LogP contribution in [0.4, 0.5) is 0 Å². The van der Waals surface area contributed by atoms with Gasteiger partial charge >= 0.3 is 0 Å². The Bertz CT molecular complexity index is 132. The molecule has 0 heterocycles. The van der Waals surface area contributed by atoms with E-state index in [1.165, 1.54) is 32.5 Å². The molecule has 0 aromatic heterocycles. The molecule has 1 rings (SSSR count). The first-order valence-electron chi connectivity index (χ1n) is 5.78. The molecule has 2 unspecified atom stereocenters. The minimum atomic E-state index is 0.869. The Morgan fingerprint density at radius 3 is 2.23 bits per heavy atom. The monoisotopic (exact) mass is 184 g/mol. The lowest BCUT2D eigenvalue weighted by atomic mass is 9.78. The molecule has 1 aliphatic rings. The SMILES string of the molecule is CCNCC1CCC1N(CC)CC. The Morgan fingerprint density at radius 2 is 1.85 bits per heavy atom. The molecule has 2 nitrogen and oxygen atoms in total. The fourth-order valence-corrected chi connectivity index (χ4v) is 2.29. The van der Waals surface area contributed by atoms with Gasteiger partial charge in [0, 0.05) is 6.04 Å². The Hall–Kier alpha value is -0.0800. The van der Waals surface area contributed by atoms with Crippen LogP contribution in [0.25, 0.3) is 0 Å². The van der Waals surface area contributed by atoms with Crippen molar-refractivity contribution in [1.82, 2.24) is 10.2 Å². The molecule has 0 aromatic rings. The molecule has 0 aliphatic heterocycles. The van der Waals surface area contributed by atoms with Crippen molar-refractivity contribution in [3.63, 3.8) is 0 Å². The van der Waals surface area contributed by atoms with Crippen molar-refractivity contribution < 1.29 is 0 Å². The molecule has 0 radical (unpaired) electrons. The van der Waals surface area contributed by atoms with Gasteiger partial charge in [-0.15, -0.1) is 0 Å². The predicted molar refractivity (Wildman–Crippen MR) is 58.0 cm³/mol. The van der Waals surface area contributed by atoms with E-state index in [1.807, 2.05) is 0 Å². The van der Waals surface area contributed by atoms with Gasteiger partial charge in [0.25, 0.3) is 0 Å². The standard InChI is InChI=1S/C11H24N2/c1-4-12-9-10-7-8-11(10)13(5-2)6-3/h10-12H,4-9H2,1-3H3. The Morgan fingerprint density at radius 1 is 1.15 bits per heavy atom. The summed E-state index contributed by atoms with van der Waals surface area (Å²) in [5.74, 6) is 0.917. The molecule has 0 amide bonds. The average Bonchev–Trinajstić information content (AvgIpc) is 2.12. The summed E-state index contributed by atoms with van der Waals surface area (Å²) in [6, 6.07) is 0.869. The van der Waals surface area contributed by atoms with E-state index in [0.29, 0.717) is 0 Å². The summed E-state index contributed by atoms with van der Waals surface area (Å²) < 4.78 is 0. The highest BCUT2D eigenvalue weighted by molar-refractivity contribution is 4.89. The second kappa shape index (κ2) is 5.61. The lowest BCUT2D eigenvalue weighted by Gasteiger charge is -2.44. The second-order valence-corrected chi connectivity index (χ2v) is 3.93. The maximum absolute atomic E-state index is 3.46. The van der Waals surface area contributed by atoms with Crippen molar-refractivity contribution in [2.75, 3.05) is 26.2 Å². The molecule has 1 N–H and O–H groups in total. The predicted octanol–water partition coefficient (Wildman–Crippen LogP) is 1.72. The van der Waals surface area contributed by atoms with Crippen molar-refractivity contribution in [1.29, 1.82) is 0 Å². The van der Waals surface area contributed by atoms with Crippen LogP contribution in [0.1, 0.15) is 33.6 Å². The van der Waals surface area contributed by atoms with Gasteiger partial charge in [0.1, 0.15) is 0 Å². The molecule has 1 saturated carbocycles. The van der Waals surface area contributed by atoms with Gasteiger partial charge in [0.15, 0.2) is 0 Å². The molecule has 13 heavy (non-hydrogen) atoms. The first-order valence-corrected chi connectivity index (χ1v) is 5.78. The fraction of sp³-hybridized carbons (Fsp3) is 1.00. The zero-order valence-electron chi connectivity index (χ0n) is 9.34. The van der Waals surface area contributed by atoms with Gasteiger partial charge in [-0.2, -0.15) is 0 Å². The number of nitrogens with one attached hydrogen (secondary N) is 1. The first-order chi connectivity index (χ1) is 6.33. The zero-order chi connectivity index (χ0) is 9.68. The number of rotatable bonds is 6. The van der Waals surface area contributed by atoms with Gasteiger partial charge in [-0.05, 0) is 44.9 Å². The molecular weight excluding hydrogens is 160 g/mol. The molecule has 1 aliphatic carbocycles.